The summed E-state index contributed by atoms with van der Waals surface area (Å²) in [6, 6.07) is 0. The van der Waals surface area contributed by atoms with Gasteiger partial charge in [-0.15, -0.1) is 0 Å². The minimum absolute atomic E-state index is 0.0640. The third-order valence-corrected chi connectivity index (χ3v) is 2.06. The van der Waals surface area contributed by atoms with E-state index in [4.69, 9.17) is 14.6 Å². The predicted molar refractivity (Wildman–Crippen MR) is 59.4 cm³/mol. The summed E-state index contributed by atoms with van der Waals surface area (Å²) in [5, 5.41) is 8.88. The molecular formula is C11H18O7. The summed E-state index contributed by atoms with van der Waals surface area (Å²) in [7, 11) is 1.19. The molecule has 0 aliphatic carbocycles. The fraction of sp³-hybridized carbons (Fsp3) is 0.727. The number of methoxy groups -OCH3 is 1. The lowest BCUT2D eigenvalue weighted by Crippen LogP contribution is -2.37. The Balaban J connectivity index is 4.77. The van der Waals surface area contributed by atoms with E-state index >= 15 is 0 Å². The van der Waals surface area contributed by atoms with E-state index < -0.39 is 30.1 Å². The van der Waals surface area contributed by atoms with Crippen molar-refractivity contribution in [2.75, 3.05) is 13.7 Å². The van der Waals surface area contributed by atoms with Gasteiger partial charge in [-0.05, 0) is 0 Å². The molecule has 0 fully saturated rings. The third-order valence-electron chi connectivity index (χ3n) is 2.06. The van der Waals surface area contributed by atoms with Gasteiger partial charge in [0.05, 0.1) is 13.5 Å². The van der Waals surface area contributed by atoms with Crippen molar-refractivity contribution >= 4 is 17.9 Å². The lowest BCUT2D eigenvalue weighted by atomic mass is 10.1. The fourth-order valence-electron chi connectivity index (χ4n) is 1.37. The van der Waals surface area contributed by atoms with Gasteiger partial charge in [-0.25, -0.2) is 0 Å². The summed E-state index contributed by atoms with van der Waals surface area (Å²) in [6.07, 6.45) is -2.02. The molecule has 0 saturated heterocycles. The number of aliphatic hydroxyl groups excluding tert-OH is 1. The van der Waals surface area contributed by atoms with Gasteiger partial charge >= 0.3 is 17.9 Å². The van der Waals surface area contributed by atoms with E-state index in [1.54, 1.807) is 0 Å². The molecule has 1 N–H and O–H groups in total. The summed E-state index contributed by atoms with van der Waals surface area (Å²) < 4.78 is 14.3. The van der Waals surface area contributed by atoms with Crippen LogP contribution in [0, 0.1) is 0 Å². The van der Waals surface area contributed by atoms with Crippen molar-refractivity contribution in [3.8, 4) is 0 Å². The van der Waals surface area contributed by atoms with Crippen molar-refractivity contribution in [2.45, 2.75) is 38.9 Å². The maximum Gasteiger partial charge on any atom is 0.309 e. The first-order chi connectivity index (χ1) is 8.40. The number of carbonyl (C=O) groups is 3. The second-order valence-electron chi connectivity index (χ2n) is 3.59. The fourth-order valence-corrected chi connectivity index (χ4v) is 1.37. The Hall–Kier alpha value is -1.63. The average molecular weight is 262 g/mol. The summed E-state index contributed by atoms with van der Waals surface area (Å²) >= 11 is 0. The standard InChI is InChI=1S/C11H18O7/c1-7(13)17-9(4-5-12)10(18-8(2)14)6-11(15)16-3/h9-10,12H,4-6H2,1-3H3/t9?,10-/m0/s1. The zero-order valence-electron chi connectivity index (χ0n) is 10.7. The highest BCUT2D eigenvalue weighted by Gasteiger charge is 2.29. The van der Waals surface area contributed by atoms with E-state index in [1.165, 1.54) is 21.0 Å². The van der Waals surface area contributed by atoms with Crippen LogP contribution in [-0.2, 0) is 28.6 Å². The topological polar surface area (TPSA) is 99.1 Å². The van der Waals surface area contributed by atoms with Crippen LogP contribution in [0.15, 0.2) is 0 Å². The lowest BCUT2D eigenvalue weighted by molar-refractivity contribution is -0.170. The smallest absolute Gasteiger partial charge is 0.309 e. The van der Waals surface area contributed by atoms with Gasteiger partial charge in [-0.1, -0.05) is 0 Å². The Morgan fingerprint density at radius 1 is 1.06 bits per heavy atom. The second-order valence-corrected chi connectivity index (χ2v) is 3.59. The molecule has 104 valence electrons. The highest BCUT2D eigenvalue weighted by atomic mass is 16.6. The number of ether oxygens (including phenoxy) is 3. The Bertz CT molecular complexity index is 300. The molecule has 0 rings (SSSR count). The number of hydrogen-bond donors (Lipinski definition) is 1. The summed E-state index contributed by atoms with van der Waals surface area (Å²) in [5.74, 6) is -1.80. The number of carbonyl (C=O) groups excluding carboxylic acids is 3. The zero-order valence-corrected chi connectivity index (χ0v) is 10.7. The van der Waals surface area contributed by atoms with Gasteiger partial charge in [-0.2, -0.15) is 0 Å². The Morgan fingerprint density at radius 2 is 1.56 bits per heavy atom. The maximum absolute atomic E-state index is 11.2. The first kappa shape index (κ1) is 16.4. The van der Waals surface area contributed by atoms with Gasteiger partial charge < -0.3 is 19.3 Å². The maximum atomic E-state index is 11.2. The summed E-state index contributed by atoms with van der Waals surface area (Å²) in [4.78, 5) is 33.0. The molecule has 0 amide bonds. The first-order valence-electron chi connectivity index (χ1n) is 5.42. The quantitative estimate of drug-likeness (QED) is 0.500. The molecule has 0 aromatic heterocycles. The molecule has 0 heterocycles. The second kappa shape index (κ2) is 8.46. The highest BCUT2D eigenvalue weighted by molar-refractivity contribution is 5.72. The number of hydrogen-bond acceptors (Lipinski definition) is 7. The van der Waals surface area contributed by atoms with Gasteiger partial charge in [0.2, 0.25) is 0 Å². The van der Waals surface area contributed by atoms with E-state index in [-0.39, 0.29) is 19.4 Å². The molecule has 0 radical (unpaired) electrons. The molecule has 0 aromatic carbocycles. The number of rotatable bonds is 7. The van der Waals surface area contributed by atoms with Crippen molar-refractivity contribution in [2.24, 2.45) is 0 Å². The van der Waals surface area contributed by atoms with E-state index in [2.05, 4.69) is 4.74 Å². The van der Waals surface area contributed by atoms with Gasteiger partial charge in [0.25, 0.3) is 0 Å². The van der Waals surface area contributed by atoms with Crippen LogP contribution in [-0.4, -0.2) is 48.9 Å². The van der Waals surface area contributed by atoms with E-state index in [0.717, 1.165) is 0 Å². The molecule has 0 aliphatic rings. The number of aliphatic hydroxyl groups is 1. The minimum atomic E-state index is -0.967. The van der Waals surface area contributed by atoms with Crippen LogP contribution in [0.5, 0.6) is 0 Å². The Labute approximate surface area is 105 Å². The summed E-state index contributed by atoms with van der Waals surface area (Å²) in [5.41, 5.74) is 0. The molecule has 2 atom stereocenters. The van der Waals surface area contributed by atoms with Crippen LogP contribution < -0.4 is 0 Å². The van der Waals surface area contributed by atoms with Crippen LogP contribution in [0.1, 0.15) is 26.7 Å². The average Bonchev–Trinajstić information content (AvgIpc) is 2.26. The largest absolute Gasteiger partial charge is 0.469 e. The van der Waals surface area contributed by atoms with E-state index in [9.17, 15) is 14.4 Å². The minimum Gasteiger partial charge on any atom is -0.469 e. The highest BCUT2D eigenvalue weighted by Crippen LogP contribution is 2.14. The van der Waals surface area contributed by atoms with Gasteiger partial charge in [-0.3, -0.25) is 14.4 Å². The van der Waals surface area contributed by atoms with Crippen LogP contribution in [0.25, 0.3) is 0 Å². The van der Waals surface area contributed by atoms with Crippen LogP contribution in [0.4, 0.5) is 0 Å². The van der Waals surface area contributed by atoms with E-state index in [1.807, 2.05) is 0 Å². The van der Waals surface area contributed by atoms with Gasteiger partial charge in [0.1, 0.15) is 12.2 Å². The molecule has 0 saturated carbocycles. The third kappa shape index (κ3) is 6.85. The Morgan fingerprint density at radius 3 is 1.94 bits per heavy atom. The molecule has 0 aromatic rings. The molecule has 0 aliphatic heterocycles. The molecule has 0 spiro atoms. The molecule has 18 heavy (non-hydrogen) atoms. The summed E-state index contributed by atoms with van der Waals surface area (Å²) in [6.45, 7) is 2.10. The van der Waals surface area contributed by atoms with Crippen LogP contribution in [0.2, 0.25) is 0 Å². The number of esters is 3. The monoisotopic (exact) mass is 262 g/mol. The van der Waals surface area contributed by atoms with Gasteiger partial charge in [0.15, 0.2) is 0 Å². The molecule has 0 bridgehead atoms. The van der Waals surface area contributed by atoms with Crippen molar-refractivity contribution in [1.82, 2.24) is 0 Å². The van der Waals surface area contributed by atoms with Gasteiger partial charge in [0, 0.05) is 26.9 Å². The molecule has 1 unspecified atom stereocenters. The predicted octanol–water partition coefficient (Wildman–Crippen LogP) is -0.205. The SMILES string of the molecule is COC(=O)C[C@H](OC(C)=O)C(CCO)OC(C)=O. The zero-order chi connectivity index (χ0) is 14.1. The normalized spacial score (nSPS) is 13.3. The molecule has 7 heteroatoms. The first-order valence-corrected chi connectivity index (χ1v) is 5.42. The van der Waals surface area contributed by atoms with Crippen LogP contribution >= 0.6 is 0 Å². The molecular weight excluding hydrogens is 244 g/mol. The Kier molecular flexibility index (Phi) is 7.69. The van der Waals surface area contributed by atoms with Crippen molar-refractivity contribution in [3.05, 3.63) is 0 Å². The van der Waals surface area contributed by atoms with E-state index in [0.29, 0.717) is 0 Å². The molecule has 7 nitrogen and oxygen atoms in total. The van der Waals surface area contributed by atoms with Crippen molar-refractivity contribution in [3.63, 3.8) is 0 Å². The van der Waals surface area contributed by atoms with Crippen molar-refractivity contribution in [1.29, 1.82) is 0 Å². The lowest BCUT2D eigenvalue weighted by Gasteiger charge is -2.25. The van der Waals surface area contributed by atoms with Crippen molar-refractivity contribution < 1.29 is 33.7 Å². The van der Waals surface area contributed by atoms with Crippen LogP contribution in [0.3, 0.4) is 0 Å².